The average molecular weight is 309 g/mol. The molecule has 0 saturated heterocycles. The summed E-state index contributed by atoms with van der Waals surface area (Å²) < 4.78 is 16.7. The minimum Gasteiger partial charge on any atom is -0.486 e. The SMILES string of the molecule is O=C(OC[C@H]1COc2ccccc2O1)c1cc2ccccc2[nH]1. The fraction of sp³-hybridized carbons (Fsp3) is 0.167. The number of ether oxygens (including phenoxy) is 3. The van der Waals surface area contributed by atoms with Crippen LogP contribution in [0.3, 0.4) is 0 Å². The summed E-state index contributed by atoms with van der Waals surface area (Å²) in [4.78, 5) is 15.2. The molecule has 2 aromatic carbocycles. The van der Waals surface area contributed by atoms with Gasteiger partial charge in [-0.3, -0.25) is 0 Å². The van der Waals surface area contributed by atoms with E-state index in [-0.39, 0.29) is 12.7 Å². The molecular formula is C18H15NO4. The van der Waals surface area contributed by atoms with Crippen LogP contribution in [0.5, 0.6) is 11.5 Å². The first-order valence-electron chi connectivity index (χ1n) is 7.43. The van der Waals surface area contributed by atoms with Crippen molar-refractivity contribution in [2.75, 3.05) is 13.2 Å². The highest BCUT2D eigenvalue weighted by Gasteiger charge is 2.22. The summed E-state index contributed by atoms with van der Waals surface area (Å²) in [6.45, 7) is 0.500. The maximum atomic E-state index is 12.2. The molecule has 0 amide bonds. The molecule has 0 saturated carbocycles. The first-order valence-corrected chi connectivity index (χ1v) is 7.43. The van der Waals surface area contributed by atoms with Gasteiger partial charge in [-0.25, -0.2) is 4.79 Å². The standard InChI is InChI=1S/C18H15NO4/c20-18(15-9-12-5-1-2-6-14(12)19-15)22-11-13-10-21-16-7-3-4-8-17(16)23-13/h1-9,13,19H,10-11H2/t13-/m1/s1. The molecule has 3 aromatic rings. The lowest BCUT2D eigenvalue weighted by atomic mass is 10.2. The Bertz CT molecular complexity index is 822. The van der Waals surface area contributed by atoms with Gasteiger partial charge in [-0.05, 0) is 24.3 Å². The molecule has 0 unspecified atom stereocenters. The van der Waals surface area contributed by atoms with Gasteiger partial charge in [0.05, 0.1) is 0 Å². The van der Waals surface area contributed by atoms with Gasteiger partial charge < -0.3 is 19.2 Å². The normalized spacial score (nSPS) is 16.3. The largest absolute Gasteiger partial charge is 0.486 e. The maximum absolute atomic E-state index is 12.2. The van der Waals surface area contributed by atoms with E-state index in [0.717, 1.165) is 10.9 Å². The molecular weight excluding hydrogens is 294 g/mol. The van der Waals surface area contributed by atoms with E-state index in [4.69, 9.17) is 14.2 Å². The van der Waals surface area contributed by atoms with Crippen molar-refractivity contribution in [1.82, 2.24) is 4.98 Å². The number of hydrogen-bond donors (Lipinski definition) is 1. The van der Waals surface area contributed by atoms with Crippen LogP contribution < -0.4 is 9.47 Å². The predicted molar refractivity (Wildman–Crippen MR) is 84.9 cm³/mol. The second kappa shape index (κ2) is 5.68. The molecule has 0 fully saturated rings. The van der Waals surface area contributed by atoms with Crippen molar-refractivity contribution >= 4 is 16.9 Å². The molecule has 1 atom stereocenters. The van der Waals surface area contributed by atoms with E-state index in [1.54, 1.807) is 6.07 Å². The molecule has 0 aliphatic carbocycles. The first-order chi connectivity index (χ1) is 11.3. The number of aromatic amines is 1. The zero-order valence-electron chi connectivity index (χ0n) is 12.3. The summed E-state index contributed by atoms with van der Waals surface area (Å²) in [5.41, 5.74) is 1.34. The number of fused-ring (bicyclic) bond motifs is 2. The molecule has 0 radical (unpaired) electrons. The Balaban J connectivity index is 1.40. The Kier molecular flexibility index (Phi) is 3.38. The molecule has 0 spiro atoms. The molecule has 5 nitrogen and oxygen atoms in total. The van der Waals surface area contributed by atoms with Crippen molar-refractivity contribution in [1.29, 1.82) is 0 Å². The Hall–Kier alpha value is -2.95. The van der Waals surface area contributed by atoms with E-state index in [2.05, 4.69) is 4.98 Å². The Morgan fingerprint density at radius 3 is 2.78 bits per heavy atom. The van der Waals surface area contributed by atoms with E-state index >= 15 is 0 Å². The number of H-pyrrole nitrogens is 1. The molecule has 1 aliphatic rings. The minimum atomic E-state index is -0.399. The van der Waals surface area contributed by atoms with Crippen molar-refractivity contribution in [3.05, 3.63) is 60.3 Å². The highest BCUT2D eigenvalue weighted by Crippen LogP contribution is 2.30. The van der Waals surface area contributed by atoms with Crippen LogP contribution in [0.15, 0.2) is 54.6 Å². The fourth-order valence-corrected chi connectivity index (χ4v) is 2.57. The highest BCUT2D eigenvalue weighted by atomic mass is 16.6. The molecule has 0 bridgehead atoms. The van der Waals surface area contributed by atoms with Crippen molar-refractivity contribution in [2.45, 2.75) is 6.10 Å². The summed E-state index contributed by atoms with van der Waals surface area (Å²) in [5, 5.41) is 0.977. The van der Waals surface area contributed by atoms with Crippen molar-refractivity contribution < 1.29 is 19.0 Å². The molecule has 1 N–H and O–H groups in total. The number of rotatable bonds is 3. The van der Waals surface area contributed by atoms with Gasteiger partial charge in [0, 0.05) is 10.9 Å². The zero-order valence-corrected chi connectivity index (χ0v) is 12.3. The number of esters is 1. The number of nitrogens with one attached hydrogen (secondary N) is 1. The lowest BCUT2D eigenvalue weighted by Crippen LogP contribution is -2.34. The predicted octanol–water partition coefficient (Wildman–Crippen LogP) is 3.16. The fourth-order valence-electron chi connectivity index (χ4n) is 2.57. The quantitative estimate of drug-likeness (QED) is 0.755. The first kappa shape index (κ1) is 13.7. The number of aromatic nitrogens is 1. The van der Waals surface area contributed by atoms with Crippen molar-refractivity contribution in [3.63, 3.8) is 0 Å². The Labute approximate surface area is 132 Å². The van der Waals surface area contributed by atoms with Crippen LogP contribution in [0.4, 0.5) is 0 Å². The smallest absolute Gasteiger partial charge is 0.354 e. The number of benzene rings is 2. The summed E-state index contributed by atoms with van der Waals surface area (Å²) >= 11 is 0. The highest BCUT2D eigenvalue weighted by molar-refractivity contribution is 5.94. The van der Waals surface area contributed by atoms with Crippen LogP contribution >= 0.6 is 0 Å². The summed E-state index contributed by atoms with van der Waals surface area (Å²) in [5.74, 6) is 0.986. The molecule has 5 heteroatoms. The third-order valence-corrected chi connectivity index (χ3v) is 3.72. The molecule has 1 aliphatic heterocycles. The van der Waals surface area contributed by atoms with Crippen LogP contribution in [0.1, 0.15) is 10.5 Å². The van der Waals surface area contributed by atoms with Gasteiger partial charge in [0.2, 0.25) is 0 Å². The van der Waals surface area contributed by atoms with Gasteiger partial charge in [-0.15, -0.1) is 0 Å². The Morgan fingerprint density at radius 2 is 1.91 bits per heavy atom. The van der Waals surface area contributed by atoms with Crippen LogP contribution in [0, 0.1) is 0 Å². The van der Waals surface area contributed by atoms with Crippen LogP contribution in [-0.4, -0.2) is 30.3 Å². The minimum absolute atomic E-state index is 0.141. The summed E-state index contributed by atoms with van der Waals surface area (Å²) in [6, 6.07) is 16.9. The van der Waals surface area contributed by atoms with Gasteiger partial charge in [-0.2, -0.15) is 0 Å². The Morgan fingerprint density at radius 1 is 1.13 bits per heavy atom. The third-order valence-electron chi connectivity index (χ3n) is 3.72. The maximum Gasteiger partial charge on any atom is 0.354 e. The molecule has 23 heavy (non-hydrogen) atoms. The summed E-state index contributed by atoms with van der Waals surface area (Å²) in [7, 11) is 0. The van der Waals surface area contributed by atoms with Crippen molar-refractivity contribution in [2.24, 2.45) is 0 Å². The van der Waals surface area contributed by atoms with E-state index in [1.807, 2.05) is 48.5 Å². The van der Waals surface area contributed by atoms with Gasteiger partial charge in [0.15, 0.2) is 17.6 Å². The second-order valence-corrected chi connectivity index (χ2v) is 5.37. The number of carbonyl (C=O) groups excluding carboxylic acids is 1. The number of carbonyl (C=O) groups is 1. The number of hydrogen-bond acceptors (Lipinski definition) is 4. The summed E-state index contributed by atoms with van der Waals surface area (Å²) in [6.07, 6.45) is -0.307. The average Bonchev–Trinajstić information content (AvgIpc) is 3.04. The van der Waals surface area contributed by atoms with E-state index < -0.39 is 5.97 Å². The number of para-hydroxylation sites is 3. The van der Waals surface area contributed by atoms with Crippen LogP contribution in [-0.2, 0) is 4.74 Å². The van der Waals surface area contributed by atoms with E-state index in [0.29, 0.717) is 23.8 Å². The van der Waals surface area contributed by atoms with Gasteiger partial charge >= 0.3 is 5.97 Å². The van der Waals surface area contributed by atoms with Crippen LogP contribution in [0.25, 0.3) is 10.9 Å². The lowest BCUT2D eigenvalue weighted by Gasteiger charge is -2.25. The molecule has 4 rings (SSSR count). The van der Waals surface area contributed by atoms with Gasteiger partial charge in [0.1, 0.15) is 18.9 Å². The third kappa shape index (κ3) is 2.73. The molecule has 1 aromatic heterocycles. The molecule has 2 heterocycles. The van der Waals surface area contributed by atoms with Crippen molar-refractivity contribution in [3.8, 4) is 11.5 Å². The lowest BCUT2D eigenvalue weighted by molar-refractivity contribution is 0.0106. The topological polar surface area (TPSA) is 60.6 Å². The second-order valence-electron chi connectivity index (χ2n) is 5.37. The monoisotopic (exact) mass is 309 g/mol. The van der Waals surface area contributed by atoms with Crippen LogP contribution in [0.2, 0.25) is 0 Å². The van der Waals surface area contributed by atoms with Gasteiger partial charge in [0.25, 0.3) is 0 Å². The molecule has 116 valence electrons. The van der Waals surface area contributed by atoms with E-state index in [1.165, 1.54) is 0 Å². The van der Waals surface area contributed by atoms with E-state index in [9.17, 15) is 4.79 Å². The zero-order chi connectivity index (χ0) is 15.6. The van der Waals surface area contributed by atoms with Gasteiger partial charge in [-0.1, -0.05) is 30.3 Å².